The lowest BCUT2D eigenvalue weighted by atomic mass is 9.99. The third-order valence-electron chi connectivity index (χ3n) is 2.35. The number of ketones is 1. The molecule has 0 aliphatic heterocycles. The maximum absolute atomic E-state index is 11.8. The predicted octanol–water partition coefficient (Wildman–Crippen LogP) is 3.95. The number of aryl methyl sites for hydroxylation is 1. The van der Waals surface area contributed by atoms with Crippen LogP contribution in [0.5, 0.6) is 0 Å². The second-order valence-electron chi connectivity index (χ2n) is 3.46. The van der Waals surface area contributed by atoms with Gasteiger partial charge in [0, 0.05) is 11.4 Å². The predicted molar refractivity (Wildman–Crippen MR) is 68.1 cm³/mol. The Morgan fingerprint density at radius 1 is 1.53 bits per heavy atom. The summed E-state index contributed by atoms with van der Waals surface area (Å²) in [5, 5.41) is 0. The van der Waals surface area contributed by atoms with Gasteiger partial charge in [-0.1, -0.05) is 41.1 Å². The lowest BCUT2D eigenvalue weighted by molar-refractivity contribution is 0.0995. The smallest absolute Gasteiger partial charge is 0.176 e. The van der Waals surface area contributed by atoms with Gasteiger partial charge in [-0.05, 0) is 24.5 Å². The molecule has 0 N–H and O–H groups in total. The van der Waals surface area contributed by atoms with E-state index in [2.05, 4.69) is 22.9 Å². The molecule has 0 saturated heterocycles. The van der Waals surface area contributed by atoms with Crippen LogP contribution in [0.15, 0.2) is 18.2 Å². The Balaban J connectivity index is 3.13. The minimum Gasteiger partial charge on any atom is -0.293 e. The Morgan fingerprint density at radius 3 is 2.67 bits per heavy atom. The van der Waals surface area contributed by atoms with E-state index in [1.54, 1.807) is 0 Å². The van der Waals surface area contributed by atoms with Crippen molar-refractivity contribution in [3.05, 3.63) is 34.9 Å². The van der Waals surface area contributed by atoms with Gasteiger partial charge >= 0.3 is 0 Å². The van der Waals surface area contributed by atoms with Gasteiger partial charge in [-0.2, -0.15) is 0 Å². The van der Waals surface area contributed by atoms with Crippen molar-refractivity contribution < 1.29 is 4.79 Å². The first kappa shape index (κ1) is 12.7. The molecule has 0 bridgehead atoms. The molecule has 0 aliphatic carbocycles. The Hall–Kier alpha value is -0.340. The molecule has 3 heteroatoms. The van der Waals surface area contributed by atoms with Crippen molar-refractivity contribution in [2.24, 2.45) is 0 Å². The fourth-order valence-corrected chi connectivity index (χ4v) is 1.90. The van der Waals surface area contributed by atoms with E-state index in [0.29, 0.717) is 5.88 Å². The van der Waals surface area contributed by atoms with Crippen molar-refractivity contribution >= 4 is 33.3 Å². The number of carbonyl (C=O) groups is 1. The Bertz CT molecular complexity index is 361. The molecule has 15 heavy (non-hydrogen) atoms. The molecular weight excluding hydrogens is 275 g/mol. The van der Waals surface area contributed by atoms with Crippen LogP contribution in [0.2, 0.25) is 0 Å². The van der Waals surface area contributed by atoms with Crippen LogP contribution < -0.4 is 0 Å². The summed E-state index contributed by atoms with van der Waals surface area (Å²) in [5.41, 5.74) is 2.86. The van der Waals surface area contributed by atoms with Gasteiger partial charge in [-0.3, -0.25) is 4.79 Å². The van der Waals surface area contributed by atoms with Gasteiger partial charge in [-0.15, -0.1) is 11.6 Å². The summed E-state index contributed by atoms with van der Waals surface area (Å²) in [6.45, 7) is 3.91. The van der Waals surface area contributed by atoms with Gasteiger partial charge in [0.15, 0.2) is 5.78 Å². The molecule has 1 aromatic carbocycles. The monoisotopic (exact) mass is 288 g/mol. The highest BCUT2D eigenvalue weighted by atomic mass is 79.9. The Kier molecular flexibility index (Phi) is 4.81. The highest BCUT2D eigenvalue weighted by Gasteiger charge is 2.15. The summed E-state index contributed by atoms with van der Waals surface area (Å²) >= 11 is 9.13. The number of Topliss-reactive ketones (excluding diaryl/α,β-unsaturated/α-hetero) is 1. The van der Waals surface area contributed by atoms with Crippen molar-refractivity contribution in [2.75, 3.05) is 0 Å². The standard InChI is InChI=1S/C12H14BrClO/c1-3-9-4-5-11(10(6-9)7-14)12(15)8(2)13/h4-6,8H,3,7H2,1-2H3. The number of carbonyl (C=O) groups excluding carboxylic acids is 1. The van der Waals surface area contributed by atoms with Gasteiger partial charge in [-0.25, -0.2) is 0 Å². The lowest BCUT2D eigenvalue weighted by Crippen LogP contribution is -2.12. The van der Waals surface area contributed by atoms with E-state index in [1.165, 1.54) is 5.56 Å². The van der Waals surface area contributed by atoms with Crippen molar-refractivity contribution in [1.82, 2.24) is 0 Å². The number of benzene rings is 1. The molecule has 0 saturated carbocycles. The molecule has 82 valence electrons. The molecule has 1 rings (SSSR count). The quantitative estimate of drug-likeness (QED) is 0.606. The van der Waals surface area contributed by atoms with Crippen molar-refractivity contribution in [3.8, 4) is 0 Å². The largest absolute Gasteiger partial charge is 0.293 e. The first-order valence-electron chi connectivity index (χ1n) is 4.96. The minimum absolute atomic E-state index is 0.0910. The molecule has 0 amide bonds. The SMILES string of the molecule is CCc1ccc(C(=O)C(C)Br)c(CCl)c1. The van der Waals surface area contributed by atoms with Gasteiger partial charge in [0.1, 0.15) is 0 Å². The lowest BCUT2D eigenvalue weighted by Gasteiger charge is -2.09. The third-order valence-corrected chi connectivity index (χ3v) is 3.05. The highest BCUT2D eigenvalue weighted by molar-refractivity contribution is 9.10. The average Bonchev–Trinajstić information content (AvgIpc) is 2.27. The number of rotatable bonds is 4. The van der Waals surface area contributed by atoms with E-state index < -0.39 is 0 Å². The third kappa shape index (κ3) is 3.05. The molecule has 1 nitrogen and oxygen atoms in total. The first-order valence-corrected chi connectivity index (χ1v) is 6.41. The van der Waals surface area contributed by atoms with Gasteiger partial charge in [0.05, 0.1) is 4.83 Å². The van der Waals surface area contributed by atoms with Crippen molar-refractivity contribution in [3.63, 3.8) is 0 Å². The van der Waals surface area contributed by atoms with E-state index in [4.69, 9.17) is 11.6 Å². The van der Waals surface area contributed by atoms with Gasteiger partial charge < -0.3 is 0 Å². The molecule has 0 aliphatic rings. The summed E-state index contributed by atoms with van der Waals surface area (Å²) < 4.78 is 0. The molecular formula is C12H14BrClO. The van der Waals surface area contributed by atoms with Gasteiger partial charge in [0.25, 0.3) is 0 Å². The van der Waals surface area contributed by atoms with Crippen molar-refractivity contribution in [2.45, 2.75) is 31.0 Å². The maximum atomic E-state index is 11.8. The Morgan fingerprint density at radius 2 is 2.20 bits per heavy atom. The second-order valence-corrected chi connectivity index (χ2v) is 5.10. The van der Waals surface area contributed by atoms with E-state index >= 15 is 0 Å². The van der Waals surface area contributed by atoms with E-state index in [9.17, 15) is 4.79 Å². The van der Waals surface area contributed by atoms with E-state index in [1.807, 2.05) is 25.1 Å². The normalized spacial score (nSPS) is 12.5. The topological polar surface area (TPSA) is 17.1 Å². The van der Waals surface area contributed by atoms with E-state index in [-0.39, 0.29) is 10.6 Å². The number of alkyl halides is 2. The number of halogens is 2. The Labute approximate surface area is 104 Å². The van der Waals surface area contributed by atoms with Crippen LogP contribution in [0.4, 0.5) is 0 Å². The highest BCUT2D eigenvalue weighted by Crippen LogP contribution is 2.19. The van der Waals surface area contributed by atoms with Crippen LogP contribution in [0, 0.1) is 0 Å². The summed E-state index contributed by atoms with van der Waals surface area (Å²) in [4.78, 5) is 11.7. The van der Waals surface area contributed by atoms with E-state index in [0.717, 1.165) is 17.5 Å². The van der Waals surface area contributed by atoms with Crippen LogP contribution in [0.25, 0.3) is 0 Å². The molecule has 1 aromatic rings. The summed E-state index contributed by atoms with van der Waals surface area (Å²) in [7, 11) is 0. The fourth-order valence-electron chi connectivity index (χ4n) is 1.43. The van der Waals surface area contributed by atoms with Crippen LogP contribution in [-0.4, -0.2) is 10.6 Å². The molecule has 0 spiro atoms. The summed E-state index contributed by atoms with van der Waals surface area (Å²) in [5.74, 6) is 0.475. The van der Waals surface area contributed by atoms with Crippen molar-refractivity contribution in [1.29, 1.82) is 0 Å². The summed E-state index contributed by atoms with van der Waals surface area (Å²) in [6, 6.07) is 5.87. The maximum Gasteiger partial charge on any atom is 0.176 e. The average molecular weight is 290 g/mol. The van der Waals surface area contributed by atoms with Crippen LogP contribution in [0.1, 0.15) is 35.3 Å². The zero-order valence-electron chi connectivity index (χ0n) is 8.89. The fraction of sp³-hybridized carbons (Fsp3) is 0.417. The molecule has 0 radical (unpaired) electrons. The molecule has 0 heterocycles. The molecule has 1 atom stereocenters. The molecule has 0 aromatic heterocycles. The van der Waals surface area contributed by atoms with Gasteiger partial charge in [0.2, 0.25) is 0 Å². The minimum atomic E-state index is -0.160. The number of hydrogen-bond donors (Lipinski definition) is 0. The second kappa shape index (κ2) is 5.66. The summed E-state index contributed by atoms with van der Waals surface area (Å²) in [6.07, 6.45) is 0.961. The zero-order chi connectivity index (χ0) is 11.4. The molecule has 0 fully saturated rings. The van der Waals surface area contributed by atoms with Crippen LogP contribution in [0.3, 0.4) is 0 Å². The molecule has 1 unspecified atom stereocenters. The number of hydrogen-bond acceptors (Lipinski definition) is 1. The zero-order valence-corrected chi connectivity index (χ0v) is 11.2. The first-order chi connectivity index (χ1) is 7.10. The van der Waals surface area contributed by atoms with Crippen LogP contribution >= 0.6 is 27.5 Å². The van der Waals surface area contributed by atoms with Crippen LogP contribution in [-0.2, 0) is 12.3 Å².